The Morgan fingerprint density at radius 3 is 2.50 bits per heavy atom. The Morgan fingerprint density at radius 2 is 1.85 bits per heavy atom. The quantitative estimate of drug-likeness (QED) is 0.893. The van der Waals surface area contributed by atoms with Crippen molar-refractivity contribution in [3.05, 3.63) is 58.9 Å². The maximum Gasteiger partial charge on any atom is 0.269 e. The zero-order chi connectivity index (χ0) is 19.2. The molecule has 0 unspecified atom stereocenters. The maximum atomic E-state index is 13.4. The molecule has 2 aromatic carbocycles. The molecule has 2 aromatic rings. The van der Waals surface area contributed by atoms with Crippen molar-refractivity contribution >= 4 is 27.5 Å². The first-order chi connectivity index (χ1) is 12.1. The normalized spacial score (nSPS) is 15.3. The van der Waals surface area contributed by atoms with Gasteiger partial charge in [0, 0.05) is 17.3 Å². The highest BCUT2D eigenvalue weighted by Crippen LogP contribution is 2.32. The van der Waals surface area contributed by atoms with Crippen LogP contribution in [0.15, 0.2) is 41.3 Å². The molecule has 8 heteroatoms. The zero-order valence-corrected chi connectivity index (χ0v) is 15.2. The predicted octanol–water partition coefficient (Wildman–Crippen LogP) is 2.94. The molecule has 0 fully saturated rings. The number of fused-ring (bicyclic) bond motifs is 1. The summed E-state index contributed by atoms with van der Waals surface area (Å²) >= 11 is 0. The van der Waals surface area contributed by atoms with Crippen molar-refractivity contribution in [3.63, 3.8) is 0 Å². The van der Waals surface area contributed by atoms with Crippen molar-refractivity contribution in [2.24, 2.45) is 0 Å². The molecular weight excluding hydrogens is 359 g/mol. The van der Waals surface area contributed by atoms with E-state index in [-0.39, 0.29) is 16.0 Å². The Labute approximate surface area is 150 Å². The van der Waals surface area contributed by atoms with Crippen molar-refractivity contribution in [2.45, 2.75) is 31.7 Å². The Hall–Kier alpha value is -2.74. The standard InChI is InChI=1S/C18H17FN2O4S/c1-10(2)21-18(23)14-7-5-12(8-16(14)26(21,24)25)17(22)20-15-9-13(19)6-4-11(15)3/h4-10H,1-3H3,(H,20,22). The highest BCUT2D eigenvalue weighted by atomic mass is 32.2. The van der Waals surface area contributed by atoms with E-state index in [1.165, 1.54) is 36.4 Å². The van der Waals surface area contributed by atoms with Crippen LogP contribution in [0.2, 0.25) is 0 Å². The van der Waals surface area contributed by atoms with Crippen LogP contribution in [0.25, 0.3) is 0 Å². The predicted molar refractivity (Wildman–Crippen MR) is 94.0 cm³/mol. The van der Waals surface area contributed by atoms with E-state index in [9.17, 15) is 22.4 Å². The van der Waals surface area contributed by atoms with Gasteiger partial charge in [-0.1, -0.05) is 6.07 Å². The second-order valence-corrected chi connectivity index (χ2v) is 8.11. The third kappa shape index (κ3) is 2.86. The number of nitrogens with one attached hydrogen (secondary N) is 1. The van der Waals surface area contributed by atoms with Gasteiger partial charge in [0.2, 0.25) is 0 Å². The second-order valence-electron chi connectivity index (χ2n) is 6.32. The van der Waals surface area contributed by atoms with Gasteiger partial charge < -0.3 is 5.32 Å². The Balaban J connectivity index is 1.98. The molecule has 26 heavy (non-hydrogen) atoms. The summed E-state index contributed by atoms with van der Waals surface area (Å²) < 4.78 is 39.4. The molecule has 0 saturated carbocycles. The Kier molecular flexibility index (Phi) is 4.31. The number of hydrogen-bond acceptors (Lipinski definition) is 4. The molecule has 0 spiro atoms. The topological polar surface area (TPSA) is 83.6 Å². The van der Waals surface area contributed by atoms with Crippen molar-refractivity contribution in [3.8, 4) is 0 Å². The summed E-state index contributed by atoms with van der Waals surface area (Å²) in [7, 11) is -3.99. The van der Waals surface area contributed by atoms with Crippen LogP contribution in [0.3, 0.4) is 0 Å². The molecule has 136 valence electrons. The first-order valence-electron chi connectivity index (χ1n) is 7.93. The molecule has 0 atom stereocenters. The molecule has 6 nitrogen and oxygen atoms in total. The van der Waals surface area contributed by atoms with E-state index >= 15 is 0 Å². The number of carbonyl (C=O) groups is 2. The van der Waals surface area contributed by atoms with Crippen LogP contribution in [-0.4, -0.2) is 30.6 Å². The SMILES string of the molecule is Cc1ccc(F)cc1NC(=O)c1ccc2c(c1)S(=O)(=O)N(C(C)C)C2=O. The van der Waals surface area contributed by atoms with Gasteiger partial charge in [-0.2, -0.15) is 0 Å². The molecule has 0 saturated heterocycles. The number of amides is 2. The maximum absolute atomic E-state index is 13.4. The lowest BCUT2D eigenvalue weighted by Gasteiger charge is -2.18. The van der Waals surface area contributed by atoms with Crippen molar-refractivity contribution in [1.82, 2.24) is 4.31 Å². The lowest BCUT2D eigenvalue weighted by molar-refractivity contribution is 0.0846. The van der Waals surface area contributed by atoms with E-state index in [0.29, 0.717) is 11.3 Å². The molecule has 1 aliphatic rings. The molecule has 0 radical (unpaired) electrons. The molecule has 2 amide bonds. The van der Waals surface area contributed by atoms with Gasteiger partial charge in [0.15, 0.2) is 0 Å². The first kappa shape index (κ1) is 18.1. The lowest BCUT2D eigenvalue weighted by atomic mass is 10.1. The summed E-state index contributed by atoms with van der Waals surface area (Å²) in [6.07, 6.45) is 0. The van der Waals surface area contributed by atoms with Crippen LogP contribution in [0.5, 0.6) is 0 Å². The average molecular weight is 376 g/mol. The van der Waals surface area contributed by atoms with E-state index in [1.807, 2.05) is 0 Å². The van der Waals surface area contributed by atoms with Gasteiger partial charge in [-0.3, -0.25) is 9.59 Å². The third-order valence-corrected chi connectivity index (χ3v) is 6.13. The van der Waals surface area contributed by atoms with E-state index < -0.39 is 33.7 Å². The summed E-state index contributed by atoms with van der Waals surface area (Å²) in [4.78, 5) is 24.6. The Morgan fingerprint density at radius 1 is 1.15 bits per heavy atom. The summed E-state index contributed by atoms with van der Waals surface area (Å²) in [5.41, 5.74) is 1.06. The average Bonchev–Trinajstić information content (AvgIpc) is 2.76. The molecule has 1 aliphatic heterocycles. The van der Waals surface area contributed by atoms with Gasteiger partial charge in [-0.25, -0.2) is 17.1 Å². The lowest BCUT2D eigenvalue weighted by Crippen LogP contribution is -2.36. The van der Waals surface area contributed by atoms with Gasteiger partial charge >= 0.3 is 0 Å². The van der Waals surface area contributed by atoms with Crippen LogP contribution in [0.1, 0.15) is 40.1 Å². The molecule has 3 rings (SSSR count). The van der Waals surface area contributed by atoms with Gasteiger partial charge in [-0.05, 0) is 56.7 Å². The van der Waals surface area contributed by atoms with Crippen molar-refractivity contribution < 1.29 is 22.4 Å². The highest BCUT2D eigenvalue weighted by Gasteiger charge is 2.42. The van der Waals surface area contributed by atoms with E-state index in [4.69, 9.17) is 0 Å². The molecular formula is C18H17FN2O4S. The van der Waals surface area contributed by atoms with E-state index in [2.05, 4.69) is 5.32 Å². The van der Waals surface area contributed by atoms with Crippen LogP contribution in [0, 0.1) is 12.7 Å². The van der Waals surface area contributed by atoms with Crippen LogP contribution in [-0.2, 0) is 10.0 Å². The monoisotopic (exact) mass is 376 g/mol. The van der Waals surface area contributed by atoms with E-state index in [0.717, 1.165) is 4.31 Å². The second kappa shape index (κ2) is 6.21. The summed E-state index contributed by atoms with van der Waals surface area (Å²) in [5.74, 6) is -1.70. The number of benzene rings is 2. The molecule has 0 aromatic heterocycles. The number of sulfonamides is 1. The van der Waals surface area contributed by atoms with Crippen LogP contribution < -0.4 is 5.32 Å². The van der Waals surface area contributed by atoms with Crippen molar-refractivity contribution in [2.75, 3.05) is 5.32 Å². The summed E-state index contributed by atoms with van der Waals surface area (Å²) in [6.45, 7) is 4.91. The number of carbonyl (C=O) groups excluding carboxylic acids is 2. The number of halogens is 1. The molecule has 1 N–H and O–H groups in total. The number of hydrogen-bond donors (Lipinski definition) is 1. The largest absolute Gasteiger partial charge is 0.322 e. The zero-order valence-electron chi connectivity index (χ0n) is 14.4. The number of rotatable bonds is 3. The fraction of sp³-hybridized carbons (Fsp3) is 0.222. The van der Waals surface area contributed by atoms with Crippen LogP contribution in [0.4, 0.5) is 10.1 Å². The summed E-state index contributed by atoms with van der Waals surface area (Å²) in [5, 5.41) is 2.56. The summed E-state index contributed by atoms with van der Waals surface area (Å²) in [6, 6.07) is 7.32. The minimum absolute atomic E-state index is 0.0391. The number of nitrogens with zero attached hydrogens (tertiary/aromatic N) is 1. The van der Waals surface area contributed by atoms with Gasteiger partial charge in [0.25, 0.3) is 21.8 Å². The number of anilines is 1. The van der Waals surface area contributed by atoms with Gasteiger partial charge in [-0.15, -0.1) is 0 Å². The molecule has 0 aliphatic carbocycles. The van der Waals surface area contributed by atoms with Crippen LogP contribution >= 0.6 is 0 Å². The van der Waals surface area contributed by atoms with Crippen molar-refractivity contribution in [1.29, 1.82) is 0 Å². The minimum atomic E-state index is -3.99. The fourth-order valence-electron chi connectivity index (χ4n) is 2.82. The highest BCUT2D eigenvalue weighted by molar-refractivity contribution is 7.90. The fourth-order valence-corrected chi connectivity index (χ4v) is 4.62. The third-order valence-electron chi connectivity index (χ3n) is 4.13. The Bertz CT molecular complexity index is 1030. The van der Waals surface area contributed by atoms with Gasteiger partial charge in [0.05, 0.1) is 5.56 Å². The molecule has 1 heterocycles. The van der Waals surface area contributed by atoms with E-state index in [1.54, 1.807) is 20.8 Å². The minimum Gasteiger partial charge on any atom is -0.322 e. The first-order valence-corrected chi connectivity index (χ1v) is 9.37. The number of aryl methyl sites for hydroxylation is 1. The molecule has 0 bridgehead atoms. The smallest absolute Gasteiger partial charge is 0.269 e. The van der Waals surface area contributed by atoms with Gasteiger partial charge in [0.1, 0.15) is 10.7 Å².